The van der Waals surface area contributed by atoms with Crippen LogP contribution in [0.3, 0.4) is 0 Å². The van der Waals surface area contributed by atoms with Crippen molar-refractivity contribution in [2.45, 2.75) is 259 Å². The molecule has 1 aliphatic heterocycles. The lowest BCUT2D eigenvalue weighted by atomic mass is 9.71. The summed E-state index contributed by atoms with van der Waals surface area (Å²) in [6, 6.07) is 1.33. The molecule has 0 aromatic carbocycles. The minimum absolute atomic E-state index is 0.0315. The number of unbranched alkanes of at least 4 members (excludes halogenated alkanes) is 3. The van der Waals surface area contributed by atoms with Crippen molar-refractivity contribution in [3.8, 4) is 0 Å². The van der Waals surface area contributed by atoms with Crippen molar-refractivity contribution in [2.75, 3.05) is 13.6 Å². The van der Waals surface area contributed by atoms with Gasteiger partial charge >= 0.3 is 0 Å². The number of nitrogens with two attached hydrogens (primary N) is 1. The second kappa shape index (κ2) is 49.1. The molecule has 0 radical (unpaired) electrons. The zero-order valence-corrected chi connectivity index (χ0v) is 47.2. The number of ketones is 1. The molecule has 0 amide bonds. The second-order valence-electron chi connectivity index (χ2n) is 19.7. The number of nitrogens with zero attached hydrogens (tertiary/aromatic N) is 1. The van der Waals surface area contributed by atoms with Crippen molar-refractivity contribution in [3.63, 3.8) is 0 Å². The molecular weight excluding hydrogens is 769 g/mol. The molecule has 63 heavy (non-hydrogen) atoms. The Bertz CT molecular complexity index is 1070. The van der Waals surface area contributed by atoms with E-state index in [9.17, 15) is 4.79 Å². The van der Waals surface area contributed by atoms with Gasteiger partial charge in [0.1, 0.15) is 0 Å². The Balaban J connectivity index is -0.000000127. The average Bonchev–Trinajstić information content (AvgIpc) is 3.60. The Morgan fingerprint density at radius 2 is 1.27 bits per heavy atom. The standard InChI is InChI=1S/C18H32N2O.C10H21N.C9H19N.C5H10.C4H10.C4H8.C4H10.C2H6.C2H4/c1-7-9-10-17(13(3)15(5)21)19-14(4)18-11-16(8-2)12-20(18)6;1-7-9(10(4,5)6)11-8(2)3;1-8(10)9(2)6-4-3-5-7-9;1-3-5-4-2;2*1-4(2)3;1-3-4-2;2*1-2/h16-19H,3-4,7-12H2,1-2,5-6H3;9,11H,2,7H2,1,3-6H3;8H,3-7,10H2,1-2H3;3H,1,4-5H2,2H3;4H,1-3H3;1H2,2-3H3;3-4H2,1-2H3;1-2H3;1-2H2/t16-,17?,18?;;;;;;;;/m1......../s1. The molecule has 5 heteroatoms. The summed E-state index contributed by atoms with van der Waals surface area (Å²) >= 11 is 0. The van der Waals surface area contributed by atoms with E-state index in [-0.39, 0.29) is 11.8 Å². The van der Waals surface area contributed by atoms with Gasteiger partial charge in [-0.15, -0.1) is 26.3 Å². The van der Waals surface area contributed by atoms with Crippen molar-refractivity contribution in [3.05, 3.63) is 74.7 Å². The molecule has 1 aliphatic carbocycles. The third kappa shape index (κ3) is 50.5. The summed E-state index contributed by atoms with van der Waals surface area (Å²) < 4.78 is 0. The number of hydrogen-bond acceptors (Lipinski definition) is 5. The number of likely N-dealkylation sites (tertiary alicyclic amines) is 1. The predicted molar refractivity (Wildman–Crippen MR) is 296 cm³/mol. The molecule has 4 N–H and O–H groups in total. The summed E-state index contributed by atoms with van der Waals surface area (Å²) in [5.74, 6) is 1.66. The van der Waals surface area contributed by atoms with Crippen LogP contribution in [0.15, 0.2) is 74.7 Å². The molecule has 1 saturated carbocycles. The molecule has 0 bridgehead atoms. The molecule has 2 aliphatic rings. The van der Waals surface area contributed by atoms with Gasteiger partial charge in [0.15, 0.2) is 5.78 Å². The van der Waals surface area contributed by atoms with Gasteiger partial charge in [-0.25, -0.2) is 0 Å². The van der Waals surface area contributed by atoms with Crippen molar-refractivity contribution >= 4 is 5.78 Å². The van der Waals surface area contributed by atoms with E-state index >= 15 is 0 Å². The normalized spacial score (nSPS) is 17.1. The summed E-state index contributed by atoms with van der Waals surface area (Å²) in [7, 11) is 2.16. The van der Waals surface area contributed by atoms with Crippen molar-refractivity contribution < 1.29 is 4.79 Å². The maximum absolute atomic E-state index is 11.6. The van der Waals surface area contributed by atoms with Crippen LogP contribution in [0.1, 0.15) is 235 Å². The number of nitrogens with one attached hydrogen (secondary N) is 2. The highest BCUT2D eigenvalue weighted by Crippen LogP contribution is 2.37. The zero-order valence-electron chi connectivity index (χ0n) is 47.2. The highest BCUT2D eigenvalue weighted by molar-refractivity contribution is 5.93. The van der Waals surface area contributed by atoms with E-state index < -0.39 is 0 Å². The van der Waals surface area contributed by atoms with Gasteiger partial charge in [0.25, 0.3) is 0 Å². The lowest BCUT2D eigenvalue weighted by Gasteiger charge is -2.37. The zero-order chi connectivity index (χ0) is 51.4. The maximum atomic E-state index is 11.6. The van der Waals surface area contributed by atoms with Crippen LogP contribution in [0.25, 0.3) is 0 Å². The molecule has 2 fully saturated rings. The van der Waals surface area contributed by atoms with E-state index in [0.29, 0.717) is 34.5 Å². The quantitative estimate of drug-likeness (QED) is 0.106. The third-order valence-corrected chi connectivity index (χ3v) is 10.7. The largest absolute Gasteiger partial charge is 0.386 e. The van der Waals surface area contributed by atoms with Crippen LogP contribution >= 0.6 is 0 Å². The predicted octanol–water partition coefficient (Wildman–Crippen LogP) is 17.6. The first-order valence-corrected chi connectivity index (χ1v) is 25.5. The van der Waals surface area contributed by atoms with Crippen molar-refractivity contribution in [1.82, 2.24) is 15.5 Å². The summed E-state index contributed by atoms with van der Waals surface area (Å²) in [6.07, 6.45) is 20.5. The van der Waals surface area contributed by atoms with Crippen LogP contribution in [0.5, 0.6) is 0 Å². The highest BCUT2D eigenvalue weighted by atomic mass is 16.1. The summed E-state index contributed by atoms with van der Waals surface area (Å²) in [4.78, 5) is 14.0. The number of carbonyl (C=O) groups is 1. The van der Waals surface area contributed by atoms with Crippen LogP contribution in [-0.2, 0) is 4.79 Å². The average molecular weight is 890 g/mol. The Kier molecular flexibility index (Phi) is 58.4. The monoisotopic (exact) mass is 889 g/mol. The minimum Gasteiger partial charge on any atom is -0.386 e. The molecule has 1 heterocycles. The number of carbonyl (C=O) groups excluding carboxylic acids is 1. The van der Waals surface area contributed by atoms with Crippen LogP contribution in [0.2, 0.25) is 0 Å². The third-order valence-electron chi connectivity index (χ3n) is 10.7. The fourth-order valence-corrected chi connectivity index (χ4v) is 6.36. The van der Waals surface area contributed by atoms with Gasteiger partial charge in [-0.1, -0.05) is 193 Å². The number of allylic oxidation sites excluding steroid dienone is 3. The Morgan fingerprint density at radius 1 is 0.825 bits per heavy atom. The molecule has 0 aromatic heterocycles. The molecule has 2 rings (SSSR count). The minimum atomic E-state index is 0.0315. The van der Waals surface area contributed by atoms with Gasteiger partial charge in [0.2, 0.25) is 0 Å². The lowest BCUT2D eigenvalue weighted by molar-refractivity contribution is -0.113. The first-order valence-electron chi connectivity index (χ1n) is 25.5. The molecule has 5 atom stereocenters. The van der Waals surface area contributed by atoms with Gasteiger partial charge in [-0.2, -0.15) is 0 Å². The number of rotatable bonds is 16. The lowest BCUT2D eigenvalue weighted by Crippen LogP contribution is -2.39. The summed E-state index contributed by atoms with van der Waals surface area (Å²) in [5.41, 5.74) is 10.6. The van der Waals surface area contributed by atoms with E-state index in [1.54, 1.807) is 6.92 Å². The summed E-state index contributed by atoms with van der Waals surface area (Å²) in [5, 5.41) is 6.87. The van der Waals surface area contributed by atoms with Crippen LogP contribution in [-0.4, -0.2) is 48.4 Å². The van der Waals surface area contributed by atoms with Crippen LogP contribution in [0.4, 0.5) is 0 Å². The fraction of sp³-hybridized carbons (Fsp3) is 0.776. The topological polar surface area (TPSA) is 70.4 Å². The highest BCUT2D eigenvalue weighted by Gasteiger charge is 2.32. The van der Waals surface area contributed by atoms with E-state index in [0.717, 1.165) is 68.3 Å². The smallest absolute Gasteiger partial charge is 0.157 e. The molecule has 0 aromatic rings. The molecule has 1 saturated heterocycles. The van der Waals surface area contributed by atoms with Gasteiger partial charge in [-0.3, -0.25) is 9.69 Å². The van der Waals surface area contributed by atoms with Gasteiger partial charge < -0.3 is 16.4 Å². The molecule has 0 spiro atoms. The molecule has 5 nitrogen and oxygen atoms in total. The Labute approximate surface area is 400 Å². The second-order valence-corrected chi connectivity index (χ2v) is 19.7. The SMILES string of the molecule is C=C.C=C(C(C)=O)C(CCCC)NC(=C)C1C[C@@H](CC)CN1C.C=C(C)C.C=C(C)NC(CC)C(C)(C)C.C=CCCC.CC.CC(C)C.CC(N)C1(C)CCCCC1.CCCC. The Hall–Kier alpha value is -2.37. The first kappa shape index (κ1) is 75.0. The first-order chi connectivity index (χ1) is 29.2. The van der Waals surface area contributed by atoms with Gasteiger partial charge in [-0.05, 0) is 103 Å². The molecular formula is C58H120N4O. The van der Waals surface area contributed by atoms with E-state index in [2.05, 4.69) is 166 Å². The Morgan fingerprint density at radius 3 is 1.49 bits per heavy atom. The van der Waals surface area contributed by atoms with E-state index in [1.807, 2.05) is 40.7 Å². The number of likely N-dealkylation sites (N-methyl/N-ethyl adjacent to an activating group) is 1. The van der Waals surface area contributed by atoms with E-state index in [1.165, 1.54) is 63.4 Å². The maximum Gasteiger partial charge on any atom is 0.157 e. The number of hydrogen-bond donors (Lipinski definition) is 3. The van der Waals surface area contributed by atoms with Crippen LogP contribution in [0, 0.1) is 22.7 Å². The van der Waals surface area contributed by atoms with Crippen molar-refractivity contribution in [1.29, 1.82) is 0 Å². The number of Topliss-reactive ketones (excluding diaryl/α,β-unsaturated/α-hetero) is 1. The fourth-order valence-electron chi connectivity index (χ4n) is 6.36. The van der Waals surface area contributed by atoms with Gasteiger partial charge in [0.05, 0.1) is 6.04 Å². The molecule has 378 valence electrons. The summed E-state index contributed by atoms with van der Waals surface area (Å²) in [6.45, 7) is 68.7. The van der Waals surface area contributed by atoms with Gasteiger partial charge in [0, 0.05) is 41.6 Å². The molecule has 4 unspecified atom stereocenters. The van der Waals surface area contributed by atoms with Crippen LogP contribution < -0.4 is 16.4 Å². The van der Waals surface area contributed by atoms with Crippen molar-refractivity contribution in [2.24, 2.45) is 28.4 Å². The van der Waals surface area contributed by atoms with E-state index in [4.69, 9.17) is 5.73 Å².